The third-order valence-electron chi connectivity index (χ3n) is 8.41. The Bertz CT molecular complexity index is 1210. The summed E-state index contributed by atoms with van der Waals surface area (Å²) in [6.07, 6.45) is 4.29. The van der Waals surface area contributed by atoms with E-state index in [-0.39, 0.29) is 18.3 Å². The first-order chi connectivity index (χ1) is 17.6. The van der Waals surface area contributed by atoms with Crippen LogP contribution in [-0.4, -0.2) is 38.7 Å². The highest BCUT2D eigenvalue weighted by atomic mass is 16.7. The van der Waals surface area contributed by atoms with Gasteiger partial charge in [0.05, 0.1) is 12.7 Å². The van der Waals surface area contributed by atoms with Gasteiger partial charge < -0.3 is 24.2 Å². The van der Waals surface area contributed by atoms with Crippen molar-refractivity contribution < 1.29 is 19.3 Å². The van der Waals surface area contributed by atoms with Crippen molar-refractivity contribution in [2.75, 3.05) is 32.2 Å². The molecule has 2 heterocycles. The van der Waals surface area contributed by atoms with Crippen molar-refractivity contribution in [1.29, 1.82) is 0 Å². The molecule has 2 atom stereocenters. The highest BCUT2D eigenvalue weighted by Crippen LogP contribution is 2.46. The molecule has 1 fully saturated rings. The van der Waals surface area contributed by atoms with Gasteiger partial charge in [-0.3, -0.25) is 0 Å². The van der Waals surface area contributed by atoms with Crippen LogP contribution in [0.5, 0.6) is 5.75 Å². The molecule has 3 aromatic carbocycles. The molecular formula is C31H35NO4. The number of methoxy groups -OCH3 is 2. The SMILES string of the molecule is COC(OC)C1CCN(c2ccc([C@@H]3c4ccc(O)cc4CO[C@@H]3c3ccc4c(c3)CC4)cc2)CC1. The molecule has 3 aliphatic rings. The van der Waals surface area contributed by atoms with Crippen LogP contribution in [0.1, 0.15) is 58.2 Å². The van der Waals surface area contributed by atoms with Crippen molar-refractivity contribution in [3.05, 3.63) is 94.0 Å². The summed E-state index contributed by atoms with van der Waals surface area (Å²) < 4.78 is 17.5. The fourth-order valence-electron chi connectivity index (χ4n) is 6.30. The lowest BCUT2D eigenvalue weighted by molar-refractivity contribution is -0.141. The molecule has 1 N–H and O–H groups in total. The van der Waals surface area contributed by atoms with Crippen LogP contribution in [0.2, 0.25) is 0 Å². The quantitative estimate of drug-likeness (QED) is 0.452. The molecule has 0 aromatic heterocycles. The Labute approximate surface area is 213 Å². The molecule has 0 unspecified atom stereocenters. The van der Waals surface area contributed by atoms with Gasteiger partial charge in [-0.1, -0.05) is 36.4 Å². The van der Waals surface area contributed by atoms with E-state index in [4.69, 9.17) is 14.2 Å². The summed E-state index contributed by atoms with van der Waals surface area (Å²) in [5.41, 5.74) is 8.97. The zero-order valence-corrected chi connectivity index (χ0v) is 21.2. The monoisotopic (exact) mass is 485 g/mol. The van der Waals surface area contributed by atoms with Crippen LogP contribution in [0.3, 0.4) is 0 Å². The largest absolute Gasteiger partial charge is 0.508 e. The molecule has 0 amide bonds. The van der Waals surface area contributed by atoms with Crippen molar-refractivity contribution in [1.82, 2.24) is 0 Å². The minimum atomic E-state index is -0.118. The van der Waals surface area contributed by atoms with E-state index >= 15 is 0 Å². The van der Waals surface area contributed by atoms with E-state index in [1.54, 1.807) is 20.3 Å². The summed E-state index contributed by atoms with van der Waals surface area (Å²) in [4.78, 5) is 2.46. The number of phenolic OH excluding ortho intramolecular Hbond substituents is 1. The van der Waals surface area contributed by atoms with Crippen LogP contribution in [-0.2, 0) is 33.7 Å². The number of hydrogen-bond donors (Lipinski definition) is 1. The van der Waals surface area contributed by atoms with Gasteiger partial charge in [0.2, 0.25) is 0 Å². The van der Waals surface area contributed by atoms with Crippen molar-refractivity contribution in [3.63, 3.8) is 0 Å². The Hall–Kier alpha value is -2.86. The van der Waals surface area contributed by atoms with Gasteiger partial charge in [0.1, 0.15) is 5.75 Å². The molecular weight excluding hydrogens is 450 g/mol. The van der Waals surface area contributed by atoms with Crippen molar-refractivity contribution in [2.24, 2.45) is 5.92 Å². The normalized spacial score (nSPS) is 21.7. The zero-order chi connectivity index (χ0) is 24.6. The lowest BCUT2D eigenvalue weighted by Crippen LogP contribution is -2.39. The van der Waals surface area contributed by atoms with Crippen molar-refractivity contribution >= 4 is 5.69 Å². The Morgan fingerprint density at radius 3 is 2.22 bits per heavy atom. The van der Waals surface area contributed by atoms with E-state index in [1.807, 2.05) is 6.07 Å². The van der Waals surface area contributed by atoms with E-state index in [0.717, 1.165) is 37.9 Å². The van der Waals surface area contributed by atoms with Crippen LogP contribution in [0.25, 0.3) is 0 Å². The summed E-state index contributed by atoms with van der Waals surface area (Å²) >= 11 is 0. The Kier molecular flexibility index (Phi) is 6.46. The number of anilines is 1. The lowest BCUT2D eigenvalue weighted by Gasteiger charge is -2.37. The maximum atomic E-state index is 10.1. The summed E-state index contributed by atoms with van der Waals surface area (Å²) in [5.74, 6) is 0.807. The maximum Gasteiger partial charge on any atom is 0.159 e. The lowest BCUT2D eigenvalue weighted by atomic mass is 9.78. The number of aryl methyl sites for hydroxylation is 2. The number of ether oxygens (including phenoxy) is 3. The van der Waals surface area contributed by atoms with Gasteiger partial charge in [-0.05, 0) is 83.3 Å². The predicted molar refractivity (Wildman–Crippen MR) is 141 cm³/mol. The van der Waals surface area contributed by atoms with E-state index in [9.17, 15) is 5.11 Å². The van der Waals surface area contributed by atoms with Gasteiger partial charge in [-0.25, -0.2) is 0 Å². The second-order valence-corrected chi connectivity index (χ2v) is 10.4. The highest BCUT2D eigenvalue weighted by Gasteiger charge is 2.34. The fraction of sp³-hybridized carbons (Fsp3) is 0.419. The number of phenols is 1. The van der Waals surface area contributed by atoms with Gasteiger partial charge in [0, 0.05) is 44.8 Å². The average molecular weight is 486 g/mol. The second-order valence-electron chi connectivity index (χ2n) is 10.4. The first kappa shape index (κ1) is 23.5. The number of nitrogens with zero attached hydrogens (tertiary/aromatic N) is 1. The molecule has 3 aromatic rings. The molecule has 5 nitrogen and oxygen atoms in total. The third-order valence-corrected chi connectivity index (χ3v) is 8.41. The fourth-order valence-corrected chi connectivity index (χ4v) is 6.30. The van der Waals surface area contributed by atoms with Gasteiger partial charge in [0.25, 0.3) is 0 Å². The number of rotatable bonds is 6. The smallest absolute Gasteiger partial charge is 0.159 e. The average Bonchev–Trinajstić information content (AvgIpc) is 2.90. The summed E-state index contributed by atoms with van der Waals surface area (Å²) in [5, 5.41) is 10.1. The molecule has 36 heavy (non-hydrogen) atoms. The molecule has 188 valence electrons. The topological polar surface area (TPSA) is 51.2 Å². The van der Waals surface area contributed by atoms with E-state index in [2.05, 4.69) is 53.4 Å². The van der Waals surface area contributed by atoms with Crippen LogP contribution < -0.4 is 4.90 Å². The van der Waals surface area contributed by atoms with Gasteiger partial charge >= 0.3 is 0 Å². The predicted octanol–water partition coefficient (Wildman–Crippen LogP) is 5.73. The third kappa shape index (κ3) is 4.30. The first-order valence-corrected chi connectivity index (χ1v) is 13.1. The molecule has 0 spiro atoms. The maximum absolute atomic E-state index is 10.1. The Morgan fingerprint density at radius 1 is 0.833 bits per heavy atom. The van der Waals surface area contributed by atoms with Gasteiger partial charge in [0.15, 0.2) is 6.29 Å². The number of aromatic hydroxyl groups is 1. The van der Waals surface area contributed by atoms with E-state index < -0.39 is 0 Å². The number of piperidine rings is 1. The standard InChI is InChI=1S/C31H35NO4/c1-34-31(35-2)22-13-15-32(16-14-22)26-9-7-21(8-10-26)29-28-12-11-27(33)18-25(28)19-36-30(29)24-6-4-20-3-5-23(20)17-24/h4,6-12,17-18,22,29-31,33H,3,5,13-16,19H2,1-2H3/t29-,30-/m1/s1. The summed E-state index contributed by atoms with van der Waals surface area (Å²) in [7, 11) is 3.45. The summed E-state index contributed by atoms with van der Waals surface area (Å²) in [6, 6.07) is 21.6. The minimum absolute atomic E-state index is 0.0467. The second kappa shape index (κ2) is 9.89. The van der Waals surface area contributed by atoms with E-state index in [0.29, 0.717) is 18.3 Å². The van der Waals surface area contributed by atoms with Crippen LogP contribution in [0, 0.1) is 5.92 Å². The van der Waals surface area contributed by atoms with Crippen molar-refractivity contribution in [2.45, 2.75) is 50.6 Å². The highest BCUT2D eigenvalue weighted by molar-refractivity contribution is 5.52. The van der Waals surface area contributed by atoms with Crippen LogP contribution in [0.4, 0.5) is 5.69 Å². The number of fused-ring (bicyclic) bond motifs is 2. The molecule has 0 radical (unpaired) electrons. The molecule has 0 bridgehead atoms. The van der Waals surface area contributed by atoms with Gasteiger partial charge in [-0.15, -0.1) is 0 Å². The molecule has 0 saturated carbocycles. The molecule has 1 saturated heterocycles. The molecule has 1 aliphatic carbocycles. The van der Waals surface area contributed by atoms with Crippen molar-refractivity contribution in [3.8, 4) is 5.75 Å². The molecule has 2 aliphatic heterocycles. The first-order valence-electron chi connectivity index (χ1n) is 13.1. The summed E-state index contributed by atoms with van der Waals surface area (Å²) in [6.45, 7) is 2.51. The van der Waals surface area contributed by atoms with Crippen LogP contribution >= 0.6 is 0 Å². The van der Waals surface area contributed by atoms with Gasteiger partial charge in [-0.2, -0.15) is 0 Å². The Morgan fingerprint density at radius 2 is 1.56 bits per heavy atom. The molecule has 6 rings (SSSR count). The number of benzene rings is 3. The van der Waals surface area contributed by atoms with Crippen LogP contribution in [0.15, 0.2) is 60.7 Å². The number of hydrogen-bond acceptors (Lipinski definition) is 5. The minimum Gasteiger partial charge on any atom is -0.508 e. The Balaban J connectivity index is 1.27. The molecule has 5 heteroatoms. The zero-order valence-electron chi connectivity index (χ0n) is 21.2. The van der Waals surface area contributed by atoms with E-state index in [1.165, 1.54) is 39.9 Å².